The largest absolute Gasteiger partial charge is 0.352 e. The van der Waals surface area contributed by atoms with Crippen LogP contribution in [-0.2, 0) is 16.1 Å². The summed E-state index contributed by atoms with van der Waals surface area (Å²) in [5, 5.41) is 3.15. The molecule has 0 heterocycles. The lowest BCUT2D eigenvalue weighted by atomic mass is 10.1. The molecule has 0 radical (unpaired) electrons. The molecule has 1 aliphatic carbocycles. The Balaban J connectivity index is 1.71. The van der Waals surface area contributed by atoms with E-state index in [1.165, 1.54) is 24.6 Å². The van der Waals surface area contributed by atoms with Gasteiger partial charge in [0.15, 0.2) is 0 Å². The number of nitrogens with one attached hydrogen (secondary N) is 1. The smallest absolute Gasteiger partial charge is 0.242 e. The number of amides is 2. The molecule has 5 heteroatoms. The fourth-order valence-electron chi connectivity index (χ4n) is 3.69. The quantitative estimate of drug-likeness (QED) is 0.649. The summed E-state index contributed by atoms with van der Waals surface area (Å²) < 4.78 is 0. The summed E-state index contributed by atoms with van der Waals surface area (Å²) in [5.74, 6) is 0.247. The van der Waals surface area contributed by atoms with Crippen molar-refractivity contribution in [2.24, 2.45) is 0 Å². The predicted octanol–water partition coefficient (Wildman–Crippen LogP) is 4.56. The number of aryl methyl sites for hydroxylation is 1. The van der Waals surface area contributed by atoms with E-state index in [4.69, 9.17) is 0 Å². The summed E-state index contributed by atoms with van der Waals surface area (Å²) in [6.07, 6.45) is 4.40. The lowest BCUT2D eigenvalue weighted by Crippen LogP contribution is -2.50. The van der Waals surface area contributed by atoms with Crippen molar-refractivity contribution in [2.45, 2.75) is 63.1 Å². The van der Waals surface area contributed by atoms with Crippen molar-refractivity contribution >= 4 is 23.6 Å². The molecular formula is C24H30N2O2S. The number of benzene rings is 2. The molecule has 2 aromatic rings. The minimum absolute atomic E-state index is 0.0174. The molecule has 29 heavy (non-hydrogen) atoms. The third-order valence-corrected chi connectivity index (χ3v) is 6.57. The topological polar surface area (TPSA) is 49.4 Å². The Labute approximate surface area is 178 Å². The molecule has 3 rings (SSSR count). The van der Waals surface area contributed by atoms with E-state index in [-0.39, 0.29) is 17.9 Å². The molecule has 154 valence electrons. The van der Waals surface area contributed by atoms with Crippen LogP contribution in [0.3, 0.4) is 0 Å². The number of nitrogens with zero attached hydrogens (tertiary/aromatic N) is 1. The number of hydrogen-bond donors (Lipinski definition) is 1. The monoisotopic (exact) mass is 410 g/mol. The fraction of sp³-hybridized carbons (Fsp3) is 0.417. The van der Waals surface area contributed by atoms with Crippen LogP contribution in [-0.4, -0.2) is 34.6 Å². The maximum absolute atomic E-state index is 13.1. The SMILES string of the molecule is Cc1ccccc1CN(C(=O)CSc1ccccc1)C(C)C(=O)NC1CCCC1. The average Bonchev–Trinajstić information content (AvgIpc) is 3.24. The standard InChI is InChI=1S/C24H30N2O2S/c1-18-10-6-7-11-20(18)16-26(19(2)24(28)25-21-12-8-9-13-21)23(27)17-29-22-14-4-3-5-15-22/h3-7,10-11,14-15,19,21H,8-9,12-13,16-17H2,1-2H3,(H,25,28). The molecule has 1 unspecified atom stereocenters. The van der Waals surface area contributed by atoms with Crippen molar-refractivity contribution < 1.29 is 9.59 Å². The zero-order valence-electron chi connectivity index (χ0n) is 17.3. The Morgan fingerprint density at radius 2 is 1.72 bits per heavy atom. The molecule has 2 amide bonds. The first kappa shape index (κ1) is 21.4. The Kier molecular flexibility index (Phi) is 7.76. The van der Waals surface area contributed by atoms with Gasteiger partial charge in [-0.3, -0.25) is 9.59 Å². The van der Waals surface area contributed by atoms with Gasteiger partial charge in [-0.05, 0) is 49.9 Å². The summed E-state index contributed by atoms with van der Waals surface area (Å²) in [6, 6.07) is 17.7. The van der Waals surface area contributed by atoms with Gasteiger partial charge in [0, 0.05) is 17.5 Å². The van der Waals surface area contributed by atoms with Crippen molar-refractivity contribution in [3.8, 4) is 0 Å². The highest BCUT2D eigenvalue weighted by molar-refractivity contribution is 8.00. The van der Waals surface area contributed by atoms with Crippen molar-refractivity contribution in [1.82, 2.24) is 10.2 Å². The molecule has 0 aliphatic heterocycles. The second-order valence-corrected chi connectivity index (χ2v) is 8.76. The lowest BCUT2D eigenvalue weighted by Gasteiger charge is -2.30. The van der Waals surface area contributed by atoms with Gasteiger partial charge in [0.05, 0.1) is 5.75 Å². The van der Waals surface area contributed by atoms with Gasteiger partial charge in [-0.25, -0.2) is 0 Å². The van der Waals surface area contributed by atoms with Crippen LogP contribution in [0, 0.1) is 6.92 Å². The molecule has 1 atom stereocenters. The molecule has 1 saturated carbocycles. The summed E-state index contributed by atoms with van der Waals surface area (Å²) in [4.78, 5) is 28.8. The van der Waals surface area contributed by atoms with E-state index in [0.29, 0.717) is 12.3 Å². The van der Waals surface area contributed by atoms with Gasteiger partial charge < -0.3 is 10.2 Å². The minimum Gasteiger partial charge on any atom is -0.352 e. The summed E-state index contributed by atoms with van der Waals surface area (Å²) in [5.41, 5.74) is 2.20. The van der Waals surface area contributed by atoms with Crippen molar-refractivity contribution in [3.05, 3.63) is 65.7 Å². The second kappa shape index (κ2) is 10.5. The molecule has 4 nitrogen and oxygen atoms in total. The van der Waals surface area contributed by atoms with Crippen LogP contribution in [0.4, 0.5) is 0 Å². The highest BCUT2D eigenvalue weighted by atomic mass is 32.2. The summed E-state index contributed by atoms with van der Waals surface area (Å²) >= 11 is 1.51. The minimum atomic E-state index is -0.501. The van der Waals surface area contributed by atoms with Crippen LogP contribution in [0.25, 0.3) is 0 Å². The highest BCUT2D eigenvalue weighted by Crippen LogP contribution is 2.21. The molecule has 0 spiro atoms. The van der Waals surface area contributed by atoms with E-state index < -0.39 is 6.04 Å². The normalized spacial score (nSPS) is 15.1. The molecule has 2 aromatic carbocycles. The first-order valence-electron chi connectivity index (χ1n) is 10.4. The highest BCUT2D eigenvalue weighted by Gasteiger charge is 2.28. The molecule has 1 N–H and O–H groups in total. The van der Waals surface area contributed by atoms with Gasteiger partial charge >= 0.3 is 0 Å². The number of rotatable bonds is 8. The summed E-state index contributed by atoms with van der Waals surface area (Å²) in [6.45, 7) is 4.33. The Morgan fingerprint density at radius 1 is 1.07 bits per heavy atom. The van der Waals surface area contributed by atoms with Gasteiger partial charge in [0.1, 0.15) is 6.04 Å². The van der Waals surface area contributed by atoms with Crippen LogP contribution < -0.4 is 5.32 Å². The van der Waals surface area contributed by atoms with Crippen molar-refractivity contribution in [1.29, 1.82) is 0 Å². The van der Waals surface area contributed by atoms with Crippen molar-refractivity contribution in [3.63, 3.8) is 0 Å². The molecule has 0 bridgehead atoms. The fourth-order valence-corrected chi connectivity index (χ4v) is 4.50. The number of carbonyl (C=O) groups is 2. The maximum Gasteiger partial charge on any atom is 0.242 e. The number of thioether (sulfide) groups is 1. The number of hydrogen-bond acceptors (Lipinski definition) is 3. The molecule has 0 saturated heterocycles. The van der Waals surface area contributed by atoms with E-state index >= 15 is 0 Å². The third kappa shape index (κ3) is 6.10. The molecular weight excluding hydrogens is 380 g/mol. The van der Waals surface area contributed by atoms with Crippen LogP contribution in [0.5, 0.6) is 0 Å². The number of carbonyl (C=O) groups excluding carboxylic acids is 2. The van der Waals surface area contributed by atoms with E-state index in [0.717, 1.165) is 28.9 Å². The summed E-state index contributed by atoms with van der Waals surface area (Å²) in [7, 11) is 0. The maximum atomic E-state index is 13.1. The van der Waals surface area contributed by atoms with Gasteiger partial charge in [0.2, 0.25) is 11.8 Å². The van der Waals surface area contributed by atoms with Gasteiger partial charge in [-0.15, -0.1) is 11.8 Å². The second-order valence-electron chi connectivity index (χ2n) is 7.72. The van der Waals surface area contributed by atoms with Crippen LogP contribution >= 0.6 is 11.8 Å². The van der Waals surface area contributed by atoms with Gasteiger partial charge in [-0.2, -0.15) is 0 Å². The molecule has 1 fully saturated rings. The van der Waals surface area contributed by atoms with E-state index in [1.807, 2.05) is 68.4 Å². The van der Waals surface area contributed by atoms with Gasteiger partial charge in [-0.1, -0.05) is 55.3 Å². The molecule has 1 aliphatic rings. The van der Waals surface area contributed by atoms with Crippen LogP contribution in [0.1, 0.15) is 43.7 Å². The van der Waals surface area contributed by atoms with Crippen LogP contribution in [0.2, 0.25) is 0 Å². The Morgan fingerprint density at radius 3 is 2.41 bits per heavy atom. The van der Waals surface area contributed by atoms with Gasteiger partial charge in [0.25, 0.3) is 0 Å². The zero-order chi connectivity index (χ0) is 20.6. The Hall–Kier alpha value is -2.27. The first-order valence-corrected chi connectivity index (χ1v) is 11.4. The van der Waals surface area contributed by atoms with Crippen LogP contribution in [0.15, 0.2) is 59.5 Å². The average molecular weight is 411 g/mol. The van der Waals surface area contributed by atoms with Crippen molar-refractivity contribution in [2.75, 3.05) is 5.75 Å². The lowest BCUT2D eigenvalue weighted by molar-refractivity contribution is -0.139. The first-order chi connectivity index (χ1) is 14.0. The molecule has 0 aromatic heterocycles. The van der Waals surface area contributed by atoms with E-state index in [1.54, 1.807) is 4.90 Å². The zero-order valence-corrected chi connectivity index (χ0v) is 18.1. The Bertz CT molecular complexity index is 819. The predicted molar refractivity (Wildman–Crippen MR) is 119 cm³/mol. The van der Waals surface area contributed by atoms with E-state index in [2.05, 4.69) is 5.32 Å². The third-order valence-electron chi connectivity index (χ3n) is 5.58. The van der Waals surface area contributed by atoms with E-state index in [9.17, 15) is 9.59 Å².